The van der Waals surface area contributed by atoms with Crippen LogP contribution in [0, 0.1) is 0 Å². The van der Waals surface area contributed by atoms with Gasteiger partial charge in [-0.15, -0.1) is 24.8 Å². The van der Waals surface area contributed by atoms with Crippen molar-refractivity contribution < 1.29 is 4.74 Å². The van der Waals surface area contributed by atoms with E-state index in [4.69, 9.17) is 33.7 Å². The van der Waals surface area contributed by atoms with Crippen LogP contribution in [0.1, 0.15) is 11.7 Å². The molecule has 1 aromatic rings. The molecule has 3 nitrogen and oxygen atoms in total. The van der Waals surface area contributed by atoms with E-state index in [9.17, 15) is 0 Å². The average molecular weight is 334 g/mol. The fraction of sp³-hybridized carbons (Fsp3) is 0.455. The summed E-state index contributed by atoms with van der Waals surface area (Å²) in [5, 5.41) is 4.30. The summed E-state index contributed by atoms with van der Waals surface area (Å²) in [6.07, 6.45) is -0.121. The monoisotopic (exact) mass is 332 g/mol. The predicted octanol–water partition coefficient (Wildman–Crippen LogP) is 2.83. The van der Waals surface area contributed by atoms with Crippen LogP contribution in [0.2, 0.25) is 10.0 Å². The summed E-state index contributed by atoms with van der Waals surface area (Å²) < 4.78 is 5.71. The Labute approximate surface area is 129 Å². The second kappa shape index (κ2) is 8.43. The van der Waals surface area contributed by atoms with Crippen LogP contribution in [-0.2, 0) is 4.74 Å². The van der Waals surface area contributed by atoms with Gasteiger partial charge in [0, 0.05) is 19.1 Å². The van der Waals surface area contributed by atoms with Crippen molar-refractivity contribution in [1.82, 2.24) is 5.32 Å². The van der Waals surface area contributed by atoms with Crippen LogP contribution < -0.4 is 11.1 Å². The standard InChI is InChI=1S/C11H14Cl2N2O.2ClH/c12-8-2-1-7(5-9(8)13)11-10(14)6-15-3-4-16-11;;/h1-2,5,10-11,15H,3-4,6,14H2;2*1H. The highest BCUT2D eigenvalue weighted by Gasteiger charge is 2.23. The zero-order valence-corrected chi connectivity index (χ0v) is 12.7. The van der Waals surface area contributed by atoms with Crippen LogP contribution in [0.3, 0.4) is 0 Å². The van der Waals surface area contributed by atoms with Gasteiger partial charge in [-0.3, -0.25) is 0 Å². The van der Waals surface area contributed by atoms with Crippen molar-refractivity contribution >= 4 is 48.0 Å². The Morgan fingerprint density at radius 3 is 2.61 bits per heavy atom. The molecule has 0 aliphatic carbocycles. The van der Waals surface area contributed by atoms with Crippen LogP contribution in [0.5, 0.6) is 0 Å². The summed E-state index contributed by atoms with van der Waals surface area (Å²) >= 11 is 11.8. The van der Waals surface area contributed by atoms with E-state index in [0.29, 0.717) is 16.7 Å². The number of hydrogen-bond donors (Lipinski definition) is 2. The number of ether oxygens (including phenoxy) is 1. The Hall–Kier alpha value is 0.260. The lowest BCUT2D eigenvalue weighted by molar-refractivity contribution is 0.0531. The zero-order chi connectivity index (χ0) is 11.5. The third kappa shape index (κ3) is 4.42. The fourth-order valence-electron chi connectivity index (χ4n) is 1.79. The minimum atomic E-state index is -0.121. The van der Waals surface area contributed by atoms with Crippen molar-refractivity contribution in [3.63, 3.8) is 0 Å². The number of nitrogens with one attached hydrogen (secondary N) is 1. The van der Waals surface area contributed by atoms with E-state index in [2.05, 4.69) is 5.32 Å². The summed E-state index contributed by atoms with van der Waals surface area (Å²) in [5.74, 6) is 0. The van der Waals surface area contributed by atoms with Gasteiger partial charge in [0.2, 0.25) is 0 Å². The van der Waals surface area contributed by atoms with Crippen molar-refractivity contribution in [3.05, 3.63) is 33.8 Å². The molecule has 0 aromatic heterocycles. The number of rotatable bonds is 1. The van der Waals surface area contributed by atoms with Gasteiger partial charge in [-0.2, -0.15) is 0 Å². The Morgan fingerprint density at radius 1 is 1.22 bits per heavy atom. The molecule has 1 saturated heterocycles. The molecular weight excluding hydrogens is 318 g/mol. The Balaban J connectivity index is 0.00000144. The largest absolute Gasteiger partial charge is 0.371 e. The SMILES string of the molecule is Cl.Cl.NC1CNCCOC1c1ccc(Cl)c(Cl)c1. The minimum Gasteiger partial charge on any atom is -0.371 e. The Morgan fingerprint density at radius 2 is 1.94 bits per heavy atom. The summed E-state index contributed by atoms with van der Waals surface area (Å²) in [5.41, 5.74) is 7.01. The van der Waals surface area contributed by atoms with Gasteiger partial charge >= 0.3 is 0 Å². The summed E-state index contributed by atoms with van der Waals surface area (Å²) in [7, 11) is 0. The van der Waals surface area contributed by atoms with Crippen LogP contribution in [-0.4, -0.2) is 25.7 Å². The van der Waals surface area contributed by atoms with Crippen molar-refractivity contribution in [2.75, 3.05) is 19.7 Å². The quantitative estimate of drug-likeness (QED) is 0.830. The van der Waals surface area contributed by atoms with Crippen molar-refractivity contribution in [2.45, 2.75) is 12.1 Å². The maximum Gasteiger partial charge on any atom is 0.0989 e. The molecule has 7 heteroatoms. The molecule has 0 saturated carbocycles. The number of benzene rings is 1. The van der Waals surface area contributed by atoms with Crippen molar-refractivity contribution in [3.8, 4) is 0 Å². The molecule has 3 N–H and O–H groups in total. The lowest BCUT2D eigenvalue weighted by Gasteiger charge is -2.21. The molecule has 2 atom stereocenters. The Kier molecular flexibility index (Phi) is 8.56. The third-order valence-corrected chi connectivity index (χ3v) is 3.36. The van der Waals surface area contributed by atoms with Gasteiger partial charge in [0.15, 0.2) is 0 Å². The summed E-state index contributed by atoms with van der Waals surface area (Å²) in [6, 6.07) is 5.43. The predicted molar refractivity (Wildman–Crippen MR) is 80.5 cm³/mol. The molecule has 0 radical (unpaired) electrons. The molecule has 2 rings (SSSR count). The van der Waals surface area contributed by atoms with Crippen LogP contribution in [0.25, 0.3) is 0 Å². The molecule has 1 aliphatic heterocycles. The van der Waals surface area contributed by atoms with E-state index < -0.39 is 0 Å². The first-order chi connectivity index (χ1) is 7.68. The fourth-order valence-corrected chi connectivity index (χ4v) is 2.10. The highest BCUT2D eigenvalue weighted by atomic mass is 35.5. The van der Waals surface area contributed by atoms with Gasteiger partial charge in [0.05, 0.1) is 22.8 Å². The molecule has 0 spiro atoms. The molecule has 2 unspecified atom stereocenters. The lowest BCUT2D eigenvalue weighted by atomic mass is 10.0. The average Bonchev–Trinajstić information content (AvgIpc) is 2.47. The normalized spacial score (nSPS) is 23.5. The maximum absolute atomic E-state index is 6.04. The molecule has 0 amide bonds. The zero-order valence-electron chi connectivity index (χ0n) is 9.57. The van der Waals surface area contributed by atoms with Gasteiger partial charge in [0.1, 0.15) is 0 Å². The number of nitrogens with two attached hydrogens (primary N) is 1. The lowest BCUT2D eigenvalue weighted by Crippen LogP contribution is -2.36. The maximum atomic E-state index is 6.04. The van der Waals surface area contributed by atoms with E-state index >= 15 is 0 Å². The van der Waals surface area contributed by atoms with Crippen LogP contribution in [0.15, 0.2) is 18.2 Å². The van der Waals surface area contributed by atoms with Gasteiger partial charge in [-0.1, -0.05) is 29.3 Å². The van der Waals surface area contributed by atoms with Gasteiger partial charge in [-0.05, 0) is 17.7 Å². The smallest absolute Gasteiger partial charge is 0.0989 e. The molecule has 0 bridgehead atoms. The van der Waals surface area contributed by atoms with Crippen molar-refractivity contribution in [1.29, 1.82) is 0 Å². The van der Waals surface area contributed by atoms with Crippen molar-refractivity contribution in [2.24, 2.45) is 5.73 Å². The molecule has 1 aromatic carbocycles. The van der Waals surface area contributed by atoms with E-state index in [0.717, 1.165) is 18.7 Å². The minimum absolute atomic E-state index is 0. The number of hydrogen-bond acceptors (Lipinski definition) is 3. The number of halogens is 4. The third-order valence-electron chi connectivity index (χ3n) is 2.62. The molecule has 104 valence electrons. The first kappa shape index (κ1) is 18.3. The van der Waals surface area contributed by atoms with Crippen LogP contribution in [0.4, 0.5) is 0 Å². The molecule has 18 heavy (non-hydrogen) atoms. The Bertz CT molecular complexity index is 378. The molecule has 1 heterocycles. The molecule has 1 fully saturated rings. The second-order valence-electron chi connectivity index (χ2n) is 3.83. The summed E-state index contributed by atoms with van der Waals surface area (Å²) in [4.78, 5) is 0. The van der Waals surface area contributed by atoms with E-state index in [1.807, 2.05) is 12.1 Å². The van der Waals surface area contributed by atoms with Crippen LogP contribution >= 0.6 is 48.0 Å². The van der Waals surface area contributed by atoms with E-state index in [-0.39, 0.29) is 37.0 Å². The second-order valence-corrected chi connectivity index (χ2v) is 4.65. The van der Waals surface area contributed by atoms with E-state index in [1.165, 1.54) is 0 Å². The highest BCUT2D eigenvalue weighted by Crippen LogP contribution is 2.28. The highest BCUT2D eigenvalue weighted by molar-refractivity contribution is 6.42. The van der Waals surface area contributed by atoms with Gasteiger partial charge in [-0.25, -0.2) is 0 Å². The summed E-state index contributed by atoms with van der Waals surface area (Å²) in [6.45, 7) is 2.22. The van der Waals surface area contributed by atoms with E-state index in [1.54, 1.807) is 6.07 Å². The molecule has 1 aliphatic rings. The topological polar surface area (TPSA) is 47.3 Å². The molecular formula is C11H16Cl4N2O. The first-order valence-corrected chi connectivity index (χ1v) is 5.97. The van der Waals surface area contributed by atoms with Gasteiger partial charge < -0.3 is 15.8 Å². The van der Waals surface area contributed by atoms with Gasteiger partial charge in [0.25, 0.3) is 0 Å². The first-order valence-electron chi connectivity index (χ1n) is 5.21.